The predicted octanol–water partition coefficient (Wildman–Crippen LogP) is 0.760. The number of carbonyl (C=O) groups excluding carboxylic acids is 1. The number of aliphatic carboxylic acids is 1. The van der Waals surface area contributed by atoms with Crippen molar-refractivity contribution in [1.82, 2.24) is 4.90 Å². The van der Waals surface area contributed by atoms with Crippen molar-refractivity contribution < 1.29 is 28.6 Å². The predicted molar refractivity (Wildman–Crippen MR) is 66.2 cm³/mol. The molecule has 6 nitrogen and oxygen atoms in total. The quantitative estimate of drug-likeness (QED) is 0.886. The molecule has 108 valence electrons. The van der Waals surface area contributed by atoms with Crippen LogP contribution in [0.25, 0.3) is 0 Å². The fourth-order valence-electron chi connectivity index (χ4n) is 1.96. The second-order valence-corrected chi connectivity index (χ2v) is 4.30. The Labute approximate surface area is 114 Å². The molecule has 0 radical (unpaired) electrons. The largest absolute Gasteiger partial charge is 0.494 e. The first-order chi connectivity index (χ1) is 9.52. The second kappa shape index (κ2) is 5.87. The number of benzene rings is 1. The van der Waals surface area contributed by atoms with Gasteiger partial charge in [0.2, 0.25) is 0 Å². The third-order valence-electron chi connectivity index (χ3n) is 3.03. The molecule has 1 aliphatic rings. The van der Waals surface area contributed by atoms with Gasteiger partial charge in [0.1, 0.15) is 0 Å². The van der Waals surface area contributed by atoms with Crippen molar-refractivity contribution in [2.24, 2.45) is 0 Å². The topological polar surface area (TPSA) is 76.1 Å². The van der Waals surface area contributed by atoms with E-state index in [1.54, 1.807) is 0 Å². The molecular formula is C13H14FNO5. The lowest BCUT2D eigenvalue weighted by atomic mass is 10.1. The van der Waals surface area contributed by atoms with Crippen molar-refractivity contribution >= 4 is 11.9 Å². The summed E-state index contributed by atoms with van der Waals surface area (Å²) in [4.78, 5) is 24.5. The number of hydrogen-bond donors (Lipinski definition) is 1. The lowest BCUT2D eigenvalue weighted by molar-refractivity contribution is -0.154. The first-order valence-corrected chi connectivity index (χ1v) is 6.00. The van der Waals surface area contributed by atoms with E-state index in [-0.39, 0.29) is 30.4 Å². The van der Waals surface area contributed by atoms with Gasteiger partial charge < -0.3 is 19.5 Å². The summed E-state index contributed by atoms with van der Waals surface area (Å²) in [6.45, 7) is 0.414. The first kappa shape index (κ1) is 14.3. The van der Waals surface area contributed by atoms with Crippen LogP contribution in [0.2, 0.25) is 0 Å². The maximum absolute atomic E-state index is 13.3. The molecule has 0 saturated carbocycles. The number of carbonyl (C=O) groups is 2. The van der Waals surface area contributed by atoms with E-state index in [1.165, 1.54) is 24.1 Å². The van der Waals surface area contributed by atoms with Gasteiger partial charge in [0, 0.05) is 12.1 Å². The lowest BCUT2D eigenvalue weighted by Crippen LogP contribution is -2.48. The van der Waals surface area contributed by atoms with Gasteiger partial charge in [0.05, 0.1) is 20.3 Å². The molecule has 1 N–H and O–H groups in total. The summed E-state index contributed by atoms with van der Waals surface area (Å²) in [6.07, 6.45) is -1.03. The number of carboxylic acids is 1. The van der Waals surface area contributed by atoms with E-state index in [4.69, 9.17) is 14.6 Å². The molecule has 7 heteroatoms. The molecule has 0 aromatic heterocycles. The van der Waals surface area contributed by atoms with Gasteiger partial charge in [-0.25, -0.2) is 9.18 Å². The number of ether oxygens (including phenoxy) is 2. The van der Waals surface area contributed by atoms with E-state index in [1.807, 2.05) is 0 Å². The highest BCUT2D eigenvalue weighted by molar-refractivity contribution is 5.95. The van der Waals surface area contributed by atoms with E-state index in [2.05, 4.69) is 0 Å². The maximum atomic E-state index is 13.3. The minimum Gasteiger partial charge on any atom is -0.494 e. The molecule has 0 aliphatic carbocycles. The Morgan fingerprint density at radius 3 is 2.90 bits per heavy atom. The average Bonchev–Trinajstić information content (AvgIpc) is 2.47. The molecule has 1 heterocycles. The van der Waals surface area contributed by atoms with Crippen molar-refractivity contribution in [3.05, 3.63) is 29.6 Å². The van der Waals surface area contributed by atoms with Crippen LogP contribution < -0.4 is 4.74 Å². The monoisotopic (exact) mass is 283 g/mol. The zero-order chi connectivity index (χ0) is 14.7. The van der Waals surface area contributed by atoms with Crippen LogP contribution in [0.3, 0.4) is 0 Å². The average molecular weight is 283 g/mol. The molecule has 1 aromatic carbocycles. The molecule has 1 amide bonds. The van der Waals surface area contributed by atoms with Crippen molar-refractivity contribution in [2.45, 2.75) is 6.10 Å². The first-order valence-electron chi connectivity index (χ1n) is 6.00. The summed E-state index contributed by atoms with van der Waals surface area (Å²) < 4.78 is 23.2. The van der Waals surface area contributed by atoms with Gasteiger partial charge in [-0.15, -0.1) is 0 Å². The van der Waals surface area contributed by atoms with E-state index >= 15 is 0 Å². The smallest absolute Gasteiger partial charge is 0.334 e. The highest BCUT2D eigenvalue weighted by Gasteiger charge is 2.29. The highest BCUT2D eigenvalue weighted by atomic mass is 19.1. The second-order valence-electron chi connectivity index (χ2n) is 4.30. The number of morpholine rings is 1. The van der Waals surface area contributed by atoms with Crippen LogP contribution >= 0.6 is 0 Å². The SMILES string of the molecule is COc1cc(C(=O)N2CCO[C@@H](C(=O)O)C2)ccc1F. The standard InChI is InChI=1S/C13H14FNO5/c1-19-10-6-8(2-3-9(10)14)12(16)15-4-5-20-11(7-15)13(17)18/h2-3,6,11H,4-5,7H2,1H3,(H,17,18)/t11-/m1/s1. The number of hydrogen-bond acceptors (Lipinski definition) is 4. The van der Waals surface area contributed by atoms with Crippen LogP contribution in [0.4, 0.5) is 4.39 Å². The van der Waals surface area contributed by atoms with Crippen LogP contribution in [0, 0.1) is 5.82 Å². The lowest BCUT2D eigenvalue weighted by Gasteiger charge is -2.31. The molecule has 2 rings (SSSR count). The van der Waals surface area contributed by atoms with Crippen LogP contribution in [0.5, 0.6) is 5.75 Å². The molecule has 20 heavy (non-hydrogen) atoms. The van der Waals surface area contributed by atoms with Gasteiger partial charge in [-0.1, -0.05) is 0 Å². The van der Waals surface area contributed by atoms with Crippen molar-refractivity contribution in [1.29, 1.82) is 0 Å². The summed E-state index contributed by atoms with van der Waals surface area (Å²) in [6, 6.07) is 3.77. The minimum atomic E-state index is -1.11. The highest BCUT2D eigenvalue weighted by Crippen LogP contribution is 2.20. The maximum Gasteiger partial charge on any atom is 0.334 e. The summed E-state index contributed by atoms with van der Waals surface area (Å²) in [5, 5.41) is 8.89. The van der Waals surface area contributed by atoms with Crippen LogP contribution in [0.15, 0.2) is 18.2 Å². The summed E-state index contributed by atoms with van der Waals surface area (Å²) in [5.74, 6) is -2.08. The number of halogens is 1. The zero-order valence-corrected chi connectivity index (χ0v) is 10.8. The zero-order valence-electron chi connectivity index (χ0n) is 10.8. The Balaban J connectivity index is 2.16. The van der Waals surface area contributed by atoms with E-state index in [0.29, 0.717) is 6.54 Å². The van der Waals surface area contributed by atoms with Gasteiger partial charge in [-0.3, -0.25) is 4.79 Å². The molecule has 0 spiro atoms. The molecule has 0 bridgehead atoms. The summed E-state index contributed by atoms with van der Waals surface area (Å²) in [5.41, 5.74) is 0.245. The summed E-state index contributed by atoms with van der Waals surface area (Å²) >= 11 is 0. The van der Waals surface area contributed by atoms with E-state index in [9.17, 15) is 14.0 Å². The van der Waals surface area contributed by atoms with Crippen molar-refractivity contribution in [3.8, 4) is 5.75 Å². The number of methoxy groups -OCH3 is 1. The fraction of sp³-hybridized carbons (Fsp3) is 0.385. The number of amides is 1. The van der Waals surface area contributed by atoms with Crippen LogP contribution in [-0.2, 0) is 9.53 Å². The molecular weight excluding hydrogens is 269 g/mol. The molecule has 1 atom stereocenters. The van der Waals surface area contributed by atoms with Gasteiger partial charge in [-0.05, 0) is 18.2 Å². The molecule has 1 aliphatic heterocycles. The van der Waals surface area contributed by atoms with Gasteiger partial charge in [-0.2, -0.15) is 0 Å². The van der Waals surface area contributed by atoms with E-state index in [0.717, 1.165) is 6.07 Å². The number of rotatable bonds is 3. The Morgan fingerprint density at radius 1 is 1.50 bits per heavy atom. The Kier molecular flexibility index (Phi) is 4.19. The van der Waals surface area contributed by atoms with Gasteiger partial charge >= 0.3 is 5.97 Å². The van der Waals surface area contributed by atoms with Gasteiger partial charge in [0.15, 0.2) is 17.7 Å². The third kappa shape index (κ3) is 2.88. The summed E-state index contributed by atoms with van der Waals surface area (Å²) in [7, 11) is 1.31. The normalized spacial score (nSPS) is 18.7. The van der Waals surface area contributed by atoms with Gasteiger partial charge in [0.25, 0.3) is 5.91 Å². The molecule has 1 fully saturated rings. The van der Waals surface area contributed by atoms with Crippen molar-refractivity contribution in [2.75, 3.05) is 26.8 Å². The fourth-order valence-corrected chi connectivity index (χ4v) is 1.96. The molecule has 1 aromatic rings. The molecule has 1 saturated heterocycles. The Bertz CT molecular complexity index is 533. The Morgan fingerprint density at radius 2 is 2.25 bits per heavy atom. The number of carboxylic acid groups (broad SMARTS) is 1. The van der Waals surface area contributed by atoms with Crippen LogP contribution in [0.1, 0.15) is 10.4 Å². The number of nitrogens with zero attached hydrogens (tertiary/aromatic N) is 1. The van der Waals surface area contributed by atoms with E-state index < -0.39 is 17.9 Å². The van der Waals surface area contributed by atoms with Crippen molar-refractivity contribution in [3.63, 3.8) is 0 Å². The molecule has 0 unspecified atom stereocenters. The van der Waals surface area contributed by atoms with Crippen LogP contribution in [-0.4, -0.2) is 54.8 Å². The Hall–Kier alpha value is -2.15. The third-order valence-corrected chi connectivity index (χ3v) is 3.03. The minimum absolute atomic E-state index is 0.0288.